The average molecular weight is 564 g/mol. The van der Waals surface area contributed by atoms with Gasteiger partial charge in [0, 0.05) is 6.20 Å². The third kappa shape index (κ3) is 11.7. The number of nitrogens with one attached hydrogen (secondary N) is 1. The van der Waals surface area contributed by atoms with Crippen LogP contribution in [-0.4, -0.2) is 90.7 Å². The summed E-state index contributed by atoms with van der Waals surface area (Å²) in [6.07, 6.45) is 1.88. The highest BCUT2D eigenvalue weighted by molar-refractivity contribution is 5.76. The predicted molar refractivity (Wildman–Crippen MR) is 136 cm³/mol. The Morgan fingerprint density at radius 1 is 0.974 bits per heavy atom. The summed E-state index contributed by atoms with van der Waals surface area (Å²) in [7, 11) is 0. The molecule has 0 amide bonds. The van der Waals surface area contributed by atoms with E-state index in [1.807, 2.05) is 0 Å². The number of aliphatic hydroxyl groups is 3. The number of rotatable bonds is 10. The maximum absolute atomic E-state index is 11.8. The first-order valence-electron chi connectivity index (χ1n) is 12.0. The monoisotopic (exact) mass is 563 g/mol. The second-order valence-corrected chi connectivity index (χ2v) is 10.7. The van der Waals surface area contributed by atoms with Gasteiger partial charge in [0.15, 0.2) is 5.82 Å². The lowest BCUT2D eigenvalue weighted by molar-refractivity contribution is -0.160. The van der Waals surface area contributed by atoms with Gasteiger partial charge in [-0.25, -0.2) is 4.79 Å². The normalized spacial score (nSPS) is 17.2. The Bertz CT molecular complexity index is 980. The number of anilines is 1. The second kappa shape index (κ2) is 15.5. The maximum atomic E-state index is 11.8. The van der Waals surface area contributed by atoms with Gasteiger partial charge >= 0.3 is 23.6 Å². The molecule has 1 fully saturated rings. The van der Waals surface area contributed by atoms with Gasteiger partial charge < -0.3 is 35.0 Å². The molecule has 0 radical (unpaired) electrons. The number of aromatic nitrogens is 2. The van der Waals surface area contributed by atoms with Crippen molar-refractivity contribution in [3.63, 3.8) is 0 Å². The predicted octanol–water partition coefficient (Wildman–Crippen LogP) is 0.463. The van der Waals surface area contributed by atoms with Gasteiger partial charge in [-0.2, -0.15) is 4.98 Å². The molecule has 1 saturated heterocycles. The molecule has 2 rings (SSSR count). The third-order valence-corrected chi connectivity index (χ3v) is 5.64. The van der Waals surface area contributed by atoms with Crippen molar-refractivity contribution < 1.29 is 54.6 Å². The second-order valence-electron chi connectivity index (χ2n) is 10.7. The van der Waals surface area contributed by atoms with Crippen LogP contribution in [0.15, 0.2) is 17.1 Å². The van der Waals surface area contributed by atoms with Crippen molar-refractivity contribution in [2.24, 2.45) is 16.2 Å². The number of esters is 1. The minimum Gasteiger partial charge on any atom is -0.481 e. The van der Waals surface area contributed by atoms with Crippen LogP contribution in [0.5, 0.6) is 0 Å². The summed E-state index contributed by atoms with van der Waals surface area (Å²) in [6, 6.07) is 1.45. The van der Waals surface area contributed by atoms with Crippen LogP contribution in [-0.2, 0) is 23.9 Å². The molecule has 15 heteroatoms. The van der Waals surface area contributed by atoms with E-state index in [0.29, 0.717) is 12.8 Å². The van der Waals surface area contributed by atoms with Gasteiger partial charge in [-0.05, 0) is 60.5 Å². The van der Waals surface area contributed by atoms with Crippen LogP contribution in [0.4, 0.5) is 5.82 Å². The number of carbonyl (C=O) groups is 3. The van der Waals surface area contributed by atoms with Crippen molar-refractivity contribution >= 4 is 23.7 Å². The molecule has 7 N–H and O–H groups in total. The number of carbonyl (C=O) groups excluding carboxylic acids is 1. The van der Waals surface area contributed by atoms with Crippen LogP contribution in [0.25, 0.3) is 0 Å². The molecule has 0 spiro atoms. The largest absolute Gasteiger partial charge is 0.481 e. The van der Waals surface area contributed by atoms with Gasteiger partial charge in [-0.3, -0.25) is 29.6 Å². The van der Waals surface area contributed by atoms with E-state index in [1.165, 1.54) is 44.5 Å². The Hall–Kier alpha value is -3.11. The van der Waals surface area contributed by atoms with Gasteiger partial charge in [0.05, 0.1) is 42.2 Å². The highest BCUT2D eigenvalue weighted by Crippen LogP contribution is 2.28. The van der Waals surface area contributed by atoms with Gasteiger partial charge in [0.1, 0.15) is 12.8 Å². The molecule has 1 aromatic heterocycles. The molecule has 0 bridgehead atoms. The number of hydrogen-bond acceptors (Lipinski definition) is 12. The molecule has 0 aliphatic carbocycles. The van der Waals surface area contributed by atoms with Crippen molar-refractivity contribution in [2.75, 3.05) is 31.9 Å². The molecular weight excluding hydrogens is 522 g/mol. The van der Waals surface area contributed by atoms with Crippen LogP contribution in [0.3, 0.4) is 0 Å². The fraction of sp³-hybridized carbons (Fsp3) is 0.708. The number of hydrogen-bond donors (Lipinski definition) is 7. The molecule has 224 valence electrons. The summed E-state index contributed by atoms with van der Waals surface area (Å²) >= 11 is 0. The Balaban J connectivity index is 0.000000742. The summed E-state index contributed by atoms with van der Waals surface area (Å²) in [5.74, 6) is -2.38. The Morgan fingerprint density at radius 3 is 1.82 bits per heavy atom. The summed E-state index contributed by atoms with van der Waals surface area (Å²) in [5.41, 5.74) is -1.67. The molecule has 0 aromatic carbocycles. The highest BCUT2D eigenvalue weighted by Gasteiger charge is 2.32. The minimum absolute atomic E-state index is 0.0564. The molecule has 1 aromatic rings. The number of carboxylic acids is 2. The standard InChI is InChI=1S/C14H21N3O6.2C5H10O3/c1-14(2,8-18)12(19)22-7-9-3-4-11(23-9)17-6-5-10(16-21)15-13(17)20;2*1-5(2,3-6)4(7)8/h5-6,9,11,18,21H,3-4,7-8H2,1-2H3,(H,15,16,20);2*6H,3H2,1-2H3,(H,7,8). The van der Waals surface area contributed by atoms with E-state index < -0.39 is 46.1 Å². The zero-order chi connectivity index (χ0) is 30.6. The van der Waals surface area contributed by atoms with Crippen molar-refractivity contribution in [2.45, 2.75) is 66.7 Å². The maximum Gasteiger partial charge on any atom is 0.351 e. The molecule has 39 heavy (non-hydrogen) atoms. The first-order valence-corrected chi connectivity index (χ1v) is 12.0. The Morgan fingerprint density at radius 2 is 1.46 bits per heavy atom. The van der Waals surface area contributed by atoms with Crippen molar-refractivity contribution in [3.05, 3.63) is 22.7 Å². The summed E-state index contributed by atoms with van der Waals surface area (Å²) in [4.78, 5) is 47.4. The van der Waals surface area contributed by atoms with Crippen LogP contribution >= 0.6 is 0 Å². The average Bonchev–Trinajstić information content (AvgIpc) is 3.36. The molecule has 0 saturated carbocycles. The van der Waals surface area contributed by atoms with Crippen LogP contribution < -0.4 is 11.2 Å². The van der Waals surface area contributed by atoms with E-state index in [2.05, 4.69) is 4.98 Å². The topological polar surface area (TPSA) is 238 Å². The van der Waals surface area contributed by atoms with E-state index in [9.17, 15) is 19.2 Å². The number of aliphatic carboxylic acids is 2. The summed E-state index contributed by atoms with van der Waals surface area (Å²) < 4.78 is 12.2. The highest BCUT2D eigenvalue weighted by atomic mass is 16.6. The molecule has 2 unspecified atom stereocenters. The smallest absolute Gasteiger partial charge is 0.351 e. The van der Waals surface area contributed by atoms with E-state index in [0.717, 1.165) is 0 Å². The first-order chi connectivity index (χ1) is 17.9. The first kappa shape index (κ1) is 35.9. The number of aliphatic hydroxyl groups excluding tert-OH is 3. The number of carboxylic acid groups (broad SMARTS) is 2. The fourth-order valence-corrected chi connectivity index (χ4v) is 2.27. The van der Waals surface area contributed by atoms with Crippen molar-refractivity contribution in [1.82, 2.24) is 9.55 Å². The molecule has 15 nitrogen and oxygen atoms in total. The van der Waals surface area contributed by atoms with E-state index in [1.54, 1.807) is 19.3 Å². The summed E-state index contributed by atoms with van der Waals surface area (Å²) in [5, 5.41) is 51.2. The van der Waals surface area contributed by atoms with Gasteiger partial charge in [-0.1, -0.05) is 0 Å². The molecule has 1 aliphatic rings. The van der Waals surface area contributed by atoms with Crippen LogP contribution in [0.2, 0.25) is 0 Å². The van der Waals surface area contributed by atoms with Crippen LogP contribution in [0, 0.1) is 16.2 Å². The molecule has 2 heterocycles. The molecular formula is C24H41N3O12. The van der Waals surface area contributed by atoms with Gasteiger partial charge in [0.2, 0.25) is 0 Å². The summed E-state index contributed by atoms with van der Waals surface area (Å²) in [6.45, 7) is 8.19. The number of ether oxygens (including phenoxy) is 2. The zero-order valence-electron chi connectivity index (χ0n) is 23.1. The van der Waals surface area contributed by atoms with Crippen LogP contribution in [0.1, 0.15) is 60.6 Å². The van der Waals surface area contributed by atoms with Gasteiger partial charge in [-0.15, -0.1) is 0 Å². The third-order valence-electron chi connectivity index (χ3n) is 5.64. The number of nitrogens with zero attached hydrogens (tertiary/aromatic N) is 2. The van der Waals surface area contributed by atoms with Crippen molar-refractivity contribution in [3.8, 4) is 0 Å². The fourth-order valence-electron chi connectivity index (χ4n) is 2.27. The molecule has 2 atom stereocenters. The van der Waals surface area contributed by atoms with Crippen molar-refractivity contribution in [1.29, 1.82) is 0 Å². The quantitative estimate of drug-likeness (QED) is 0.151. The van der Waals surface area contributed by atoms with E-state index in [-0.39, 0.29) is 38.3 Å². The Kier molecular flexibility index (Phi) is 14.2. The lowest BCUT2D eigenvalue weighted by Crippen LogP contribution is -2.33. The molecule has 1 aliphatic heterocycles. The SMILES string of the molecule is CC(C)(CO)C(=O)O.CC(C)(CO)C(=O)O.CC(C)(CO)C(=O)OCC1CCC(n2ccc(NO)nc2=O)O1. The zero-order valence-corrected chi connectivity index (χ0v) is 23.1. The van der Waals surface area contributed by atoms with Gasteiger partial charge in [0.25, 0.3) is 0 Å². The van der Waals surface area contributed by atoms with E-state index in [4.69, 9.17) is 40.2 Å². The lowest BCUT2D eigenvalue weighted by Gasteiger charge is -2.21. The Labute approximate surface area is 226 Å². The minimum atomic E-state index is -0.986. The lowest BCUT2D eigenvalue weighted by atomic mass is 9.95. The van der Waals surface area contributed by atoms with E-state index >= 15 is 0 Å².